The first-order valence-corrected chi connectivity index (χ1v) is 6.69. The van der Waals surface area contributed by atoms with Gasteiger partial charge in [-0.25, -0.2) is 0 Å². The molecule has 0 saturated carbocycles. The third-order valence-electron chi connectivity index (χ3n) is 2.58. The Morgan fingerprint density at radius 3 is 2.39 bits per heavy atom. The highest BCUT2D eigenvalue weighted by Gasteiger charge is 1.98. The molecule has 1 aromatic carbocycles. The van der Waals surface area contributed by atoms with Gasteiger partial charge in [-0.2, -0.15) is 0 Å². The summed E-state index contributed by atoms with van der Waals surface area (Å²) in [6.45, 7) is 7.20. The zero-order valence-electron chi connectivity index (χ0n) is 12.1. The van der Waals surface area contributed by atoms with Gasteiger partial charge in [0.25, 0.3) is 0 Å². The van der Waals surface area contributed by atoms with Gasteiger partial charge in [-0.15, -0.1) is 0 Å². The van der Waals surface area contributed by atoms with Gasteiger partial charge in [-0.05, 0) is 65.1 Å². The minimum atomic E-state index is 0.236. The van der Waals surface area contributed by atoms with Gasteiger partial charge in [0.15, 0.2) is 0 Å². The van der Waals surface area contributed by atoms with E-state index in [1.54, 1.807) is 0 Å². The van der Waals surface area contributed by atoms with Crippen molar-refractivity contribution in [3.05, 3.63) is 29.8 Å². The maximum absolute atomic E-state index is 5.61. The zero-order chi connectivity index (χ0) is 13.4. The summed E-state index contributed by atoms with van der Waals surface area (Å²) in [5.41, 5.74) is 1.30. The van der Waals surface area contributed by atoms with Crippen LogP contribution >= 0.6 is 0 Å². The molecule has 3 heteroatoms. The van der Waals surface area contributed by atoms with E-state index in [-0.39, 0.29) is 6.10 Å². The normalized spacial score (nSPS) is 11.2. The lowest BCUT2D eigenvalue weighted by Gasteiger charge is -2.11. The van der Waals surface area contributed by atoms with Crippen molar-refractivity contribution in [1.82, 2.24) is 10.2 Å². The van der Waals surface area contributed by atoms with Crippen LogP contribution in [0.3, 0.4) is 0 Å². The van der Waals surface area contributed by atoms with Crippen LogP contribution in [-0.4, -0.2) is 38.2 Å². The highest BCUT2D eigenvalue weighted by molar-refractivity contribution is 5.27. The topological polar surface area (TPSA) is 24.5 Å². The standard InChI is InChI=1S/C15H26N2O/c1-13(2)18-15-8-6-14(7-9-15)12-16-10-5-11-17(3)4/h6-9,13,16H,5,10-12H2,1-4H3. The van der Waals surface area contributed by atoms with Gasteiger partial charge in [0.1, 0.15) is 5.75 Å². The van der Waals surface area contributed by atoms with E-state index in [9.17, 15) is 0 Å². The van der Waals surface area contributed by atoms with E-state index in [1.807, 2.05) is 26.0 Å². The van der Waals surface area contributed by atoms with Crippen molar-refractivity contribution in [3.8, 4) is 5.75 Å². The Balaban J connectivity index is 2.22. The van der Waals surface area contributed by atoms with E-state index >= 15 is 0 Å². The van der Waals surface area contributed by atoms with Gasteiger partial charge in [-0.1, -0.05) is 12.1 Å². The Morgan fingerprint density at radius 1 is 1.17 bits per heavy atom. The molecule has 0 aliphatic carbocycles. The van der Waals surface area contributed by atoms with Gasteiger partial charge in [-0.3, -0.25) is 0 Å². The maximum Gasteiger partial charge on any atom is 0.119 e. The number of ether oxygens (including phenoxy) is 1. The van der Waals surface area contributed by atoms with E-state index in [0.29, 0.717) is 0 Å². The number of hydrogen-bond donors (Lipinski definition) is 1. The second-order valence-electron chi connectivity index (χ2n) is 5.14. The molecule has 1 rings (SSSR count). The fourth-order valence-corrected chi connectivity index (χ4v) is 1.71. The molecule has 0 aliphatic heterocycles. The van der Waals surface area contributed by atoms with Crippen LogP contribution in [0.25, 0.3) is 0 Å². The van der Waals surface area contributed by atoms with E-state index in [2.05, 4.69) is 36.4 Å². The second kappa shape index (κ2) is 8.11. The first kappa shape index (κ1) is 15.0. The molecule has 18 heavy (non-hydrogen) atoms. The molecule has 0 spiro atoms. The molecule has 0 saturated heterocycles. The van der Waals surface area contributed by atoms with Gasteiger partial charge in [0, 0.05) is 6.54 Å². The predicted molar refractivity (Wildman–Crippen MR) is 77.1 cm³/mol. The molecule has 0 atom stereocenters. The smallest absolute Gasteiger partial charge is 0.119 e. The minimum Gasteiger partial charge on any atom is -0.491 e. The Bertz CT molecular complexity index is 320. The van der Waals surface area contributed by atoms with Crippen LogP contribution in [0.1, 0.15) is 25.8 Å². The van der Waals surface area contributed by atoms with Gasteiger partial charge in [0.2, 0.25) is 0 Å². The summed E-state index contributed by atoms with van der Waals surface area (Å²) in [6, 6.07) is 8.32. The van der Waals surface area contributed by atoms with Crippen molar-refractivity contribution >= 4 is 0 Å². The summed E-state index contributed by atoms with van der Waals surface area (Å²) in [5.74, 6) is 0.946. The lowest BCUT2D eigenvalue weighted by molar-refractivity contribution is 0.242. The predicted octanol–water partition coefficient (Wildman–Crippen LogP) is 2.52. The van der Waals surface area contributed by atoms with Crippen molar-refractivity contribution in [3.63, 3.8) is 0 Å². The summed E-state index contributed by atoms with van der Waals surface area (Å²) >= 11 is 0. The molecular formula is C15H26N2O. The van der Waals surface area contributed by atoms with E-state index in [4.69, 9.17) is 4.74 Å². The lowest BCUT2D eigenvalue weighted by atomic mass is 10.2. The number of nitrogens with one attached hydrogen (secondary N) is 1. The van der Waals surface area contributed by atoms with Gasteiger partial charge < -0.3 is 15.0 Å². The molecule has 0 bridgehead atoms. The fraction of sp³-hybridized carbons (Fsp3) is 0.600. The first-order valence-electron chi connectivity index (χ1n) is 6.69. The van der Waals surface area contributed by atoms with Crippen molar-refractivity contribution < 1.29 is 4.74 Å². The Morgan fingerprint density at radius 2 is 1.83 bits per heavy atom. The molecule has 0 fully saturated rings. The molecule has 0 heterocycles. The van der Waals surface area contributed by atoms with Crippen LogP contribution in [0.2, 0.25) is 0 Å². The summed E-state index contributed by atoms with van der Waals surface area (Å²) in [4.78, 5) is 2.21. The molecule has 0 amide bonds. The quantitative estimate of drug-likeness (QED) is 0.718. The van der Waals surface area contributed by atoms with E-state index in [1.165, 1.54) is 12.0 Å². The second-order valence-corrected chi connectivity index (χ2v) is 5.14. The molecule has 0 unspecified atom stereocenters. The summed E-state index contributed by atoms with van der Waals surface area (Å²) < 4.78 is 5.61. The molecule has 102 valence electrons. The third kappa shape index (κ3) is 6.62. The number of rotatable bonds is 8. The third-order valence-corrected chi connectivity index (χ3v) is 2.58. The van der Waals surface area contributed by atoms with E-state index in [0.717, 1.165) is 25.4 Å². The van der Waals surface area contributed by atoms with Crippen molar-refractivity contribution in [2.45, 2.75) is 32.9 Å². The fourth-order valence-electron chi connectivity index (χ4n) is 1.71. The maximum atomic E-state index is 5.61. The van der Waals surface area contributed by atoms with Gasteiger partial charge >= 0.3 is 0 Å². The summed E-state index contributed by atoms with van der Waals surface area (Å²) in [5, 5.41) is 3.45. The van der Waals surface area contributed by atoms with Crippen LogP contribution in [0.4, 0.5) is 0 Å². The van der Waals surface area contributed by atoms with Crippen LogP contribution in [0.15, 0.2) is 24.3 Å². The Hall–Kier alpha value is -1.06. The molecule has 1 aromatic rings. The van der Waals surface area contributed by atoms with Crippen molar-refractivity contribution in [2.24, 2.45) is 0 Å². The first-order chi connectivity index (χ1) is 8.58. The number of hydrogen-bond acceptors (Lipinski definition) is 3. The molecule has 1 N–H and O–H groups in total. The minimum absolute atomic E-state index is 0.236. The van der Waals surface area contributed by atoms with Crippen LogP contribution in [0, 0.1) is 0 Å². The summed E-state index contributed by atoms with van der Waals surface area (Å²) in [6.07, 6.45) is 1.42. The molecular weight excluding hydrogens is 224 g/mol. The Labute approximate surface area is 111 Å². The average Bonchev–Trinajstić information content (AvgIpc) is 2.30. The van der Waals surface area contributed by atoms with Crippen LogP contribution in [-0.2, 0) is 6.54 Å². The van der Waals surface area contributed by atoms with E-state index < -0.39 is 0 Å². The average molecular weight is 250 g/mol. The monoisotopic (exact) mass is 250 g/mol. The van der Waals surface area contributed by atoms with Gasteiger partial charge in [0.05, 0.1) is 6.10 Å². The number of nitrogens with zero attached hydrogens (tertiary/aromatic N) is 1. The highest BCUT2D eigenvalue weighted by Crippen LogP contribution is 2.13. The Kier molecular flexibility index (Phi) is 6.76. The van der Waals surface area contributed by atoms with Crippen molar-refractivity contribution in [2.75, 3.05) is 27.2 Å². The molecule has 0 radical (unpaired) electrons. The molecule has 3 nitrogen and oxygen atoms in total. The zero-order valence-corrected chi connectivity index (χ0v) is 12.1. The molecule has 0 aliphatic rings. The number of benzene rings is 1. The highest BCUT2D eigenvalue weighted by atomic mass is 16.5. The molecule has 0 aromatic heterocycles. The lowest BCUT2D eigenvalue weighted by Crippen LogP contribution is -2.20. The van der Waals surface area contributed by atoms with Crippen molar-refractivity contribution in [1.29, 1.82) is 0 Å². The van der Waals surface area contributed by atoms with Crippen LogP contribution in [0.5, 0.6) is 5.75 Å². The SMILES string of the molecule is CC(C)Oc1ccc(CNCCCN(C)C)cc1. The summed E-state index contributed by atoms with van der Waals surface area (Å²) in [7, 11) is 4.21. The largest absolute Gasteiger partial charge is 0.491 e. The van der Waals surface area contributed by atoms with Crippen LogP contribution < -0.4 is 10.1 Å².